The number of hydrogen-bond acceptors (Lipinski definition) is 4. The summed E-state index contributed by atoms with van der Waals surface area (Å²) < 4.78 is 23.3. The monoisotopic (exact) mass is 291 g/mol. The lowest BCUT2D eigenvalue weighted by Crippen LogP contribution is -2.06. The number of nitro groups is 1. The molecule has 7 heteroatoms. The molecule has 1 aromatic carbocycles. The number of nitrogens with zero attached hydrogens (tertiary/aromatic N) is 1. The van der Waals surface area contributed by atoms with Crippen LogP contribution >= 0.6 is 15.9 Å². The van der Waals surface area contributed by atoms with Gasteiger partial charge in [-0.15, -0.1) is 0 Å². The van der Waals surface area contributed by atoms with Crippen LogP contribution in [0.15, 0.2) is 16.6 Å². The summed E-state index contributed by atoms with van der Waals surface area (Å²) in [5, 5.41) is 10.7. The first-order valence-electron chi connectivity index (χ1n) is 4.46. The van der Waals surface area contributed by atoms with E-state index in [9.17, 15) is 14.5 Å². The quantitative estimate of drug-likeness (QED) is 0.485. The Morgan fingerprint density at radius 3 is 2.94 bits per heavy atom. The van der Waals surface area contributed by atoms with Gasteiger partial charge in [-0.1, -0.05) is 0 Å². The topological polar surface area (TPSA) is 64.9 Å². The van der Waals surface area contributed by atoms with Crippen LogP contribution in [-0.2, 0) is 4.74 Å². The smallest absolute Gasteiger partial charge is 0.315 e. The van der Waals surface area contributed by atoms with E-state index in [1.54, 1.807) is 0 Å². The Labute approximate surface area is 98.4 Å². The van der Waals surface area contributed by atoms with Gasteiger partial charge in [0, 0.05) is 0 Å². The van der Waals surface area contributed by atoms with E-state index >= 15 is 0 Å². The molecule has 0 radical (unpaired) electrons. The molecule has 0 aromatic heterocycles. The van der Waals surface area contributed by atoms with Gasteiger partial charge >= 0.3 is 5.69 Å². The second-order valence-electron chi connectivity index (χ2n) is 3.26. The lowest BCUT2D eigenvalue weighted by molar-refractivity contribution is -0.386. The maximum Gasteiger partial charge on any atom is 0.315 e. The van der Waals surface area contributed by atoms with Crippen molar-refractivity contribution in [1.29, 1.82) is 0 Å². The van der Waals surface area contributed by atoms with Gasteiger partial charge in [-0.2, -0.15) is 0 Å². The first-order chi connectivity index (χ1) is 7.58. The summed E-state index contributed by atoms with van der Waals surface area (Å²) in [5.74, 6) is -0.657. The van der Waals surface area contributed by atoms with Gasteiger partial charge in [0.15, 0.2) is 0 Å². The average molecular weight is 292 g/mol. The van der Waals surface area contributed by atoms with Crippen LogP contribution in [0.2, 0.25) is 0 Å². The number of nitro benzene ring substituents is 1. The highest BCUT2D eigenvalue weighted by atomic mass is 79.9. The van der Waals surface area contributed by atoms with Crippen molar-refractivity contribution < 1.29 is 18.8 Å². The van der Waals surface area contributed by atoms with Crippen LogP contribution < -0.4 is 4.74 Å². The Balaban J connectivity index is 2.27. The molecule has 0 spiro atoms. The van der Waals surface area contributed by atoms with Gasteiger partial charge in [0.2, 0.25) is 5.75 Å². The number of ether oxygens (including phenoxy) is 2. The van der Waals surface area contributed by atoms with Crippen molar-refractivity contribution in [3.05, 3.63) is 32.5 Å². The van der Waals surface area contributed by atoms with Crippen LogP contribution in [0.5, 0.6) is 5.75 Å². The zero-order valence-electron chi connectivity index (χ0n) is 7.98. The molecule has 1 aliphatic rings. The Bertz CT molecular complexity index is 436. The van der Waals surface area contributed by atoms with Crippen molar-refractivity contribution in [2.24, 2.45) is 0 Å². The third-order valence-electron chi connectivity index (χ3n) is 2.00. The minimum Gasteiger partial charge on any atom is -0.483 e. The van der Waals surface area contributed by atoms with Gasteiger partial charge in [-0.3, -0.25) is 10.1 Å². The van der Waals surface area contributed by atoms with Crippen LogP contribution in [0, 0.1) is 15.9 Å². The number of benzene rings is 1. The summed E-state index contributed by atoms with van der Waals surface area (Å²) >= 11 is 3.03. The van der Waals surface area contributed by atoms with Crippen LogP contribution in [0.4, 0.5) is 10.1 Å². The molecule has 0 amide bonds. The molecular weight excluding hydrogens is 285 g/mol. The summed E-state index contributed by atoms with van der Waals surface area (Å²) in [6, 6.07) is 1.95. The minimum absolute atomic E-state index is 0.0171. The molecular formula is C9H7BrFNO4. The van der Waals surface area contributed by atoms with Gasteiger partial charge in [0.05, 0.1) is 22.1 Å². The van der Waals surface area contributed by atoms with Crippen LogP contribution in [-0.4, -0.2) is 24.2 Å². The fraction of sp³-hybridized carbons (Fsp3) is 0.333. The van der Waals surface area contributed by atoms with Gasteiger partial charge < -0.3 is 9.47 Å². The molecule has 1 unspecified atom stereocenters. The zero-order valence-corrected chi connectivity index (χ0v) is 9.57. The van der Waals surface area contributed by atoms with E-state index in [-0.39, 0.29) is 22.9 Å². The van der Waals surface area contributed by atoms with Crippen molar-refractivity contribution in [1.82, 2.24) is 0 Å². The molecule has 16 heavy (non-hydrogen) atoms. The highest BCUT2D eigenvalue weighted by Gasteiger charge is 2.26. The lowest BCUT2D eigenvalue weighted by Gasteiger charge is -2.07. The van der Waals surface area contributed by atoms with Gasteiger partial charge in [-0.25, -0.2) is 4.39 Å². The summed E-state index contributed by atoms with van der Waals surface area (Å²) in [6.07, 6.45) is -0.0171. The number of hydrogen-bond donors (Lipinski definition) is 0. The van der Waals surface area contributed by atoms with Gasteiger partial charge in [0.25, 0.3) is 0 Å². The summed E-state index contributed by atoms with van der Waals surface area (Å²) in [7, 11) is 0. The Hall–Kier alpha value is -1.21. The third kappa shape index (κ3) is 2.48. The normalized spacial score (nSPS) is 18.2. The largest absolute Gasteiger partial charge is 0.483 e. The second kappa shape index (κ2) is 4.34. The molecule has 0 N–H and O–H groups in total. The SMILES string of the molecule is O=[N+]([O-])c1cc(F)cc(Br)c1OCC1CO1. The van der Waals surface area contributed by atoms with Gasteiger partial charge in [-0.05, 0) is 22.0 Å². The van der Waals surface area contributed by atoms with Crippen LogP contribution in [0.1, 0.15) is 0 Å². The van der Waals surface area contributed by atoms with Crippen LogP contribution in [0.25, 0.3) is 0 Å². The summed E-state index contributed by atoms with van der Waals surface area (Å²) in [4.78, 5) is 10.0. The molecule has 0 aliphatic carbocycles. The zero-order chi connectivity index (χ0) is 11.7. The summed E-state index contributed by atoms with van der Waals surface area (Å²) in [6.45, 7) is 0.817. The Morgan fingerprint density at radius 1 is 1.69 bits per heavy atom. The number of rotatable bonds is 4. The van der Waals surface area contributed by atoms with Crippen molar-refractivity contribution in [3.8, 4) is 5.75 Å². The molecule has 1 atom stereocenters. The van der Waals surface area contributed by atoms with E-state index in [0.717, 1.165) is 12.1 Å². The van der Waals surface area contributed by atoms with Gasteiger partial charge in [0.1, 0.15) is 18.5 Å². The van der Waals surface area contributed by atoms with E-state index < -0.39 is 16.4 Å². The Morgan fingerprint density at radius 2 is 2.38 bits per heavy atom. The Kier molecular flexibility index (Phi) is 3.06. The highest BCUT2D eigenvalue weighted by molar-refractivity contribution is 9.10. The third-order valence-corrected chi connectivity index (χ3v) is 2.59. The van der Waals surface area contributed by atoms with Crippen molar-refractivity contribution in [2.75, 3.05) is 13.2 Å². The second-order valence-corrected chi connectivity index (χ2v) is 4.11. The predicted molar refractivity (Wildman–Crippen MR) is 56.0 cm³/mol. The molecule has 1 aliphatic heterocycles. The lowest BCUT2D eigenvalue weighted by atomic mass is 10.3. The van der Waals surface area contributed by atoms with E-state index in [0.29, 0.717) is 6.61 Å². The van der Waals surface area contributed by atoms with Crippen LogP contribution in [0.3, 0.4) is 0 Å². The molecule has 1 aromatic rings. The van der Waals surface area contributed by atoms with E-state index in [4.69, 9.17) is 9.47 Å². The predicted octanol–water partition coefficient (Wildman–Crippen LogP) is 2.27. The first-order valence-corrected chi connectivity index (χ1v) is 5.25. The minimum atomic E-state index is -0.686. The molecule has 1 heterocycles. The fourth-order valence-electron chi connectivity index (χ4n) is 1.17. The number of halogens is 2. The summed E-state index contributed by atoms with van der Waals surface area (Å²) in [5.41, 5.74) is -0.396. The van der Waals surface area contributed by atoms with E-state index in [2.05, 4.69) is 15.9 Å². The van der Waals surface area contributed by atoms with Crippen molar-refractivity contribution in [3.63, 3.8) is 0 Å². The van der Waals surface area contributed by atoms with E-state index in [1.165, 1.54) is 0 Å². The van der Waals surface area contributed by atoms with Crippen molar-refractivity contribution in [2.45, 2.75) is 6.10 Å². The first kappa shape index (κ1) is 11.3. The maximum absolute atomic E-state index is 13.0. The van der Waals surface area contributed by atoms with Crippen molar-refractivity contribution >= 4 is 21.6 Å². The highest BCUT2D eigenvalue weighted by Crippen LogP contribution is 2.36. The average Bonchev–Trinajstić information content (AvgIpc) is 2.98. The maximum atomic E-state index is 13.0. The molecule has 1 saturated heterocycles. The molecule has 1 fully saturated rings. The molecule has 86 valence electrons. The molecule has 0 bridgehead atoms. The standard InChI is InChI=1S/C9H7BrFNO4/c10-7-1-5(11)2-8(12(13)14)9(7)16-4-6-3-15-6/h1-2,6H,3-4H2. The molecule has 0 saturated carbocycles. The molecule has 2 rings (SSSR count). The fourth-order valence-corrected chi connectivity index (χ4v) is 1.70. The van der Waals surface area contributed by atoms with E-state index in [1.807, 2.05) is 0 Å². The molecule has 5 nitrogen and oxygen atoms in total. The number of epoxide rings is 1.